The van der Waals surface area contributed by atoms with Crippen molar-refractivity contribution in [3.8, 4) is 0 Å². The van der Waals surface area contributed by atoms with Crippen molar-refractivity contribution in [3.05, 3.63) is 0 Å². The maximum atomic E-state index is 12.3. The zero-order valence-corrected chi connectivity index (χ0v) is 14.0. The fourth-order valence-corrected chi connectivity index (χ4v) is 4.40. The minimum atomic E-state index is -0.442. The van der Waals surface area contributed by atoms with Crippen molar-refractivity contribution in [2.45, 2.75) is 82.8 Å². The highest BCUT2D eigenvalue weighted by Gasteiger charge is 2.48. The number of hydrogen-bond acceptors (Lipinski definition) is 4. The first-order valence-corrected chi connectivity index (χ1v) is 8.76. The molecule has 0 aromatic carbocycles. The van der Waals surface area contributed by atoms with E-state index in [1.165, 1.54) is 45.8 Å². The van der Waals surface area contributed by atoms with E-state index in [0.717, 1.165) is 31.8 Å². The van der Waals surface area contributed by atoms with E-state index in [-0.39, 0.29) is 5.97 Å². The number of likely N-dealkylation sites (N-methyl/N-ethyl adjacent to an activating group) is 1. The standard InChI is InChI=1S/C17H32N2O2/c1-4-8-14-9-6-7-12-19(14)15-10-11-17(13-15,18-5-2)16(20)21-3/h14-15,18H,4-13H2,1-3H3. The predicted molar refractivity (Wildman–Crippen MR) is 85.3 cm³/mol. The Hall–Kier alpha value is -0.610. The van der Waals surface area contributed by atoms with Gasteiger partial charge in [0.15, 0.2) is 0 Å². The Morgan fingerprint density at radius 3 is 2.81 bits per heavy atom. The molecule has 0 aromatic heterocycles. The summed E-state index contributed by atoms with van der Waals surface area (Å²) in [7, 11) is 1.51. The molecule has 0 aromatic rings. The first kappa shape index (κ1) is 16.8. The molecule has 1 aliphatic heterocycles. The van der Waals surface area contributed by atoms with E-state index >= 15 is 0 Å². The van der Waals surface area contributed by atoms with E-state index in [4.69, 9.17) is 4.74 Å². The number of carbonyl (C=O) groups is 1. The van der Waals surface area contributed by atoms with Crippen LogP contribution in [0.5, 0.6) is 0 Å². The largest absolute Gasteiger partial charge is 0.468 e. The van der Waals surface area contributed by atoms with Gasteiger partial charge in [-0.3, -0.25) is 9.69 Å². The number of ether oxygens (including phenoxy) is 1. The lowest BCUT2D eigenvalue weighted by molar-refractivity contribution is -0.148. The van der Waals surface area contributed by atoms with E-state index in [0.29, 0.717) is 6.04 Å². The lowest BCUT2D eigenvalue weighted by atomic mass is 9.93. The molecule has 4 heteroatoms. The molecular weight excluding hydrogens is 264 g/mol. The molecule has 1 saturated carbocycles. The summed E-state index contributed by atoms with van der Waals surface area (Å²) < 4.78 is 5.08. The van der Waals surface area contributed by atoms with Crippen molar-refractivity contribution < 1.29 is 9.53 Å². The van der Waals surface area contributed by atoms with Crippen LogP contribution < -0.4 is 5.32 Å². The van der Waals surface area contributed by atoms with Crippen LogP contribution in [0.25, 0.3) is 0 Å². The Bertz CT molecular complexity index is 346. The van der Waals surface area contributed by atoms with Gasteiger partial charge in [0, 0.05) is 12.1 Å². The van der Waals surface area contributed by atoms with Crippen LogP contribution in [0, 0.1) is 0 Å². The van der Waals surface area contributed by atoms with Crippen LogP contribution in [0.15, 0.2) is 0 Å². The minimum absolute atomic E-state index is 0.0732. The van der Waals surface area contributed by atoms with Crippen molar-refractivity contribution in [2.75, 3.05) is 20.2 Å². The van der Waals surface area contributed by atoms with Gasteiger partial charge < -0.3 is 10.1 Å². The van der Waals surface area contributed by atoms with Crippen molar-refractivity contribution in [2.24, 2.45) is 0 Å². The van der Waals surface area contributed by atoms with E-state index < -0.39 is 5.54 Å². The van der Waals surface area contributed by atoms with Gasteiger partial charge in [0.2, 0.25) is 0 Å². The number of rotatable bonds is 6. The van der Waals surface area contributed by atoms with Gasteiger partial charge in [0.25, 0.3) is 0 Å². The molecule has 122 valence electrons. The summed E-state index contributed by atoms with van der Waals surface area (Å²) in [4.78, 5) is 15.0. The number of esters is 1. The van der Waals surface area contributed by atoms with Gasteiger partial charge in [0.1, 0.15) is 5.54 Å². The second-order valence-electron chi connectivity index (χ2n) is 6.68. The average Bonchev–Trinajstić information content (AvgIpc) is 2.93. The molecule has 1 heterocycles. The molecular formula is C17H32N2O2. The lowest BCUT2D eigenvalue weighted by Gasteiger charge is -2.40. The monoisotopic (exact) mass is 296 g/mol. The summed E-state index contributed by atoms with van der Waals surface area (Å²) in [5, 5.41) is 3.42. The van der Waals surface area contributed by atoms with Crippen LogP contribution in [0.4, 0.5) is 0 Å². The minimum Gasteiger partial charge on any atom is -0.468 e. The SMILES string of the molecule is CCCC1CCCCN1C1CCC(NCC)(C(=O)OC)C1. The van der Waals surface area contributed by atoms with Crippen LogP contribution in [-0.2, 0) is 9.53 Å². The van der Waals surface area contributed by atoms with Crippen LogP contribution in [0.3, 0.4) is 0 Å². The van der Waals surface area contributed by atoms with Crippen molar-refractivity contribution in [3.63, 3.8) is 0 Å². The Morgan fingerprint density at radius 1 is 1.33 bits per heavy atom. The van der Waals surface area contributed by atoms with Gasteiger partial charge in [-0.2, -0.15) is 0 Å². The van der Waals surface area contributed by atoms with E-state index in [9.17, 15) is 4.79 Å². The fraction of sp³-hybridized carbons (Fsp3) is 0.941. The Morgan fingerprint density at radius 2 is 2.14 bits per heavy atom. The first-order chi connectivity index (χ1) is 10.2. The lowest BCUT2D eigenvalue weighted by Crippen LogP contribution is -2.53. The normalized spacial score (nSPS) is 34.0. The Kier molecular flexibility index (Phi) is 6.06. The maximum absolute atomic E-state index is 12.3. The second-order valence-corrected chi connectivity index (χ2v) is 6.68. The average molecular weight is 296 g/mol. The highest BCUT2D eigenvalue weighted by atomic mass is 16.5. The van der Waals surface area contributed by atoms with Crippen molar-refractivity contribution in [1.82, 2.24) is 10.2 Å². The molecule has 2 fully saturated rings. The highest BCUT2D eigenvalue weighted by molar-refractivity contribution is 5.81. The summed E-state index contributed by atoms with van der Waals surface area (Å²) in [6.45, 7) is 6.37. The third kappa shape index (κ3) is 3.59. The molecule has 0 bridgehead atoms. The number of piperidine rings is 1. The number of hydrogen-bond donors (Lipinski definition) is 1. The smallest absolute Gasteiger partial charge is 0.326 e. The number of nitrogens with zero attached hydrogens (tertiary/aromatic N) is 1. The molecule has 1 aliphatic carbocycles. The van der Waals surface area contributed by atoms with Gasteiger partial charge in [-0.15, -0.1) is 0 Å². The van der Waals surface area contributed by atoms with Gasteiger partial charge in [0.05, 0.1) is 7.11 Å². The first-order valence-electron chi connectivity index (χ1n) is 8.76. The summed E-state index contributed by atoms with van der Waals surface area (Å²) in [5.74, 6) is -0.0732. The Labute approximate surface area is 129 Å². The van der Waals surface area contributed by atoms with Crippen molar-refractivity contribution >= 4 is 5.97 Å². The number of likely N-dealkylation sites (tertiary alicyclic amines) is 1. The molecule has 0 amide bonds. The molecule has 0 radical (unpaired) electrons. The molecule has 1 saturated heterocycles. The van der Waals surface area contributed by atoms with Gasteiger partial charge in [-0.05, 0) is 51.6 Å². The van der Waals surface area contributed by atoms with Crippen molar-refractivity contribution in [1.29, 1.82) is 0 Å². The van der Waals surface area contributed by atoms with Gasteiger partial charge in [-0.1, -0.05) is 26.7 Å². The zero-order chi connectivity index (χ0) is 15.3. The molecule has 2 aliphatic rings. The van der Waals surface area contributed by atoms with Crippen LogP contribution in [0.2, 0.25) is 0 Å². The predicted octanol–water partition coefficient (Wildman–Crippen LogP) is 2.71. The second kappa shape index (κ2) is 7.59. The van der Waals surface area contributed by atoms with E-state index in [1.807, 2.05) is 0 Å². The maximum Gasteiger partial charge on any atom is 0.326 e. The Balaban J connectivity index is 2.06. The summed E-state index contributed by atoms with van der Waals surface area (Å²) in [6, 6.07) is 1.27. The molecule has 2 rings (SSSR count). The number of carbonyl (C=O) groups excluding carboxylic acids is 1. The van der Waals surface area contributed by atoms with Crippen LogP contribution >= 0.6 is 0 Å². The molecule has 4 nitrogen and oxygen atoms in total. The van der Waals surface area contributed by atoms with Gasteiger partial charge in [-0.25, -0.2) is 0 Å². The number of methoxy groups -OCH3 is 1. The third-order valence-corrected chi connectivity index (χ3v) is 5.34. The molecule has 21 heavy (non-hydrogen) atoms. The quantitative estimate of drug-likeness (QED) is 0.765. The zero-order valence-electron chi connectivity index (χ0n) is 14.0. The van der Waals surface area contributed by atoms with E-state index in [1.54, 1.807) is 0 Å². The van der Waals surface area contributed by atoms with Gasteiger partial charge >= 0.3 is 5.97 Å². The fourth-order valence-electron chi connectivity index (χ4n) is 4.40. The number of nitrogens with one attached hydrogen (secondary N) is 1. The van der Waals surface area contributed by atoms with Crippen LogP contribution in [0.1, 0.15) is 65.2 Å². The summed E-state index contributed by atoms with van der Waals surface area (Å²) in [6.07, 6.45) is 9.49. The molecule has 3 atom stereocenters. The van der Waals surface area contributed by atoms with Crippen LogP contribution in [-0.4, -0.2) is 48.7 Å². The highest BCUT2D eigenvalue weighted by Crippen LogP contribution is 2.37. The van der Waals surface area contributed by atoms with E-state index in [2.05, 4.69) is 24.1 Å². The molecule has 1 N–H and O–H groups in total. The third-order valence-electron chi connectivity index (χ3n) is 5.34. The summed E-state index contributed by atoms with van der Waals surface area (Å²) in [5.41, 5.74) is -0.442. The molecule has 0 spiro atoms. The summed E-state index contributed by atoms with van der Waals surface area (Å²) >= 11 is 0. The molecule has 3 unspecified atom stereocenters. The topological polar surface area (TPSA) is 41.6 Å².